The molecule has 0 atom stereocenters. The Kier molecular flexibility index (Phi) is 5.03. The number of nitrogens with one attached hydrogen (secondary N) is 1. The quantitative estimate of drug-likeness (QED) is 0.618. The van der Waals surface area contributed by atoms with Crippen molar-refractivity contribution < 1.29 is 8.42 Å². The van der Waals surface area contributed by atoms with Crippen molar-refractivity contribution >= 4 is 9.84 Å². The summed E-state index contributed by atoms with van der Waals surface area (Å²) in [6, 6.07) is 9.67. The standard InChI is InChI=1S/C12H15NO2S/c1-16(14,15)11-10-13-9-5-8-12-6-3-2-4-7-12/h2-4,6-7,13H,9-11H2,1H3. The van der Waals surface area contributed by atoms with Crippen molar-refractivity contribution in [2.75, 3.05) is 25.1 Å². The number of benzene rings is 1. The van der Waals surface area contributed by atoms with Gasteiger partial charge in [0.25, 0.3) is 0 Å². The van der Waals surface area contributed by atoms with E-state index in [0.717, 1.165) is 5.56 Å². The zero-order valence-corrected chi connectivity index (χ0v) is 10.0. The van der Waals surface area contributed by atoms with Gasteiger partial charge in [0.2, 0.25) is 0 Å². The average molecular weight is 237 g/mol. The Labute approximate surface area is 96.8 Å². The topological polar surface area (TPSA) is 46.2 Å². The molecule has 0 aliphatic rings. The van der Waals surface area contributed by atoms with Gasteiger partial charge >= 0.3 is 0 Å². The Morgan fingerprint density at radius 3 is 2.56 bits per heavy atom. The van der Waals surface area contributed by atoms with Crippen molar-refractivity contribution in [3.8, 4) is 11.8 Å². The van der Waals surface area contributed by atoms with Crippen molar-refractivity contribution in [1.82, 2.24) is 5.32 Å². The molecule has 0 saturated heterocycles. The van der Waals surface area contributed by atoms with Gasteiger partial charge in [0.15, 0.2) is 0 Å². The van der Waals surface area contributed by atoms with Crippen LogP contribution < -0.4 is 5.32 Å². The lowest BCUT2D eigenvalue weighted by Gasteiger charge is -1.97. The van der Waals surface area contributed by atoms with Crippen molar-refractivity contribution in [2.24, 2.45) is 0 Å². The Hall–Kier alpha value is -1.31. The highest BCUT2D eigenvalue weighted by Crippen LogP contribution is 1.93. The lowest BCUT2D eigenvalue weighted by atomic mass is 10.2. The summed E-state index contributed by atoms with van der Waals surface area (Å²) in [5.41, 5.74) is 0.965. The molecule has 0 spiro atoms. The highest BCUT2D eigenvalue weighted by molar-refractivity contribution is 7.90. The van der Waals surface area contributed by atoms with E-state index in [1.165, 1.54) is 6.26 Å². The smallest absolute Gasteiger partial charge is 0.148 e. The van der Waals surface area contributed by atoms with Gasteiger partial charge in [-0.2, -0.15) is 0 Å². The van der Waals surface area contributed by atoms with Gasteiger partial charge in [-0.1, -0.05) is 30.0 Å². The first-order valence-corrected chi connectivity index (χ1v) is 7.06. The van der Waals surface area contributed by atoms with Crippen LogP contribution in [0.1, 0.15) is 5.56 Å². The number of hydrogen-bond acceptors (Lipinski definition) is 3. The molecule has 0 aliphatic carbocycles. The Morgan fingerprint density at radius 1 is 1.25 bits per heavy atom. The predicted molar refractivity (Wildman–Crippen MR) is 65.9 cm³/mol. The minimum atomic E-state index is -2.87. The SMILES string of the molecule is CS(=O)(=O)CCNCC#Cc1ccccc1. The van der Waals surface area contributed by atoms with Crippen LogP contribution in [0.15, 0.2) is 30.3 Å². The van der Waals surface area contributed by atoms with Crippen LogP contribution in [0.5, 0.6) is 0 Å². The minimum Gasteiger partial charge on any atom is -0.305 e. The molecule has 16 heavy (non-hydrogen) atoms. The molecule has 86 valence electrons. The Bertz CT molecular complexity index is 469. The maximum Gasteiger partial charge on any atom is 0.148 e. The van der Waals surface area contributed by atoms with Crippen LogP contribution in [0.2, 0.25) is 0 Å². The van der Waals surface area contributed by atoms with E-state index in [4.69, 9.17) is 0 Å². The summed E-state index contributed by atoms with van der Waals surface area (Å²) < 4.78 is 21.6. The molecule has 0 bridgehead atoms. The molecule has 1 rings (SSSR count). The van der Waals surface area contributed by atoms with E-state index in [0.29, 0.717) is 13.1 Å². The van der Waals surface area contributed by atoms with Gasteiger partial charge in [0.05, 0.1) is 12.3 Å². The Balaban J connectivity index is 2.24. The Morgan fingerprint density at radius 2 is 1.94 bits per heavy atom. The van der Waals surface area contributed by atoms with Gasteiger partial charge in [0, 0.05) is 18.4 Å². The molecule has 4 heteroatoms. The number of sulfone groups is 1. The van der Waals surface area contributed by atoms with E-state index in [-0.39, 0.29) is 5.75 Å². The average Bonchev–Trinajstić information content (AvgIpc) is 2.23. The van der Waals surface area contributed by atoms with E-state index in [2.05, 4.69) is 17.2 Å². The summed E-state index contributed by atoms with van der Waals surface area (Å²) in [6.07, 6.45) is 1.23. The molecule has 0 unspecified atom stereocenters. The second-order valence-corrected chi connectivity index (χ2v) is 5.73. The van der Waals surface area contributed by atoms with Crippen LogP contribution in [0.3, 0.4) is 0 Å². The third kappa shape index (κ3) is 6.23. The van der Waals surface area contributed by atoms with E-state index >= 15 is 0 Å². The molecule has 1 aromatic carbocycles. The molecule has 0 saturated carbocycles. The maximum atomic E-state index is 10.8. The fraction of sp³-hybridized carbons (Fsp3) is 0.333. The monoisotopic (exact) mass is 237 g/mol. The molecule has 0 fully saturated rings. The summed E-state index contributed by atoms with van der Waals surface area (Å²) in [6.45, 7) is 0.951. The van der Waals surface area contributed by atoms with Gasteiger partial charge in [0.1, 0.15) is 9.84 Å². The molecule has 0 aromatic heterocycles. The van der Waals surface area contributed by atoms with Crippen LogP contribution in [-0.4, -0.2) is 33.5 Å². The zero-order chi connectivity index (χ0) is 11.9. The van der Waals surface area contributed by atoms with E-state index in [9.17, 15) is 8.42 Å². The first-order chi connectivity index (χ1) is 7.58. The van der Waals surface area contributed by atoms with Gasteiger partial charge in [-0.05, 0) is 12.1 Å². The summed E-state index contributed by atoms with van der Waals surface area (Å²) in [7, 11) is -2.87. The third-order valence-corrected chi connectivity index (χ3v) is 2.82. The van der Waals surface area contributed by atoms with Crippen LogP contribution in [0.4, 0.5) is 0 Å². The first kappa shape index (κ1) is 12.8. The van der Waals surface area contributed by atoms with Crippen molar-refractivity contribution in [1.29, 1.82) is 0 Å². The fourth-order valence-corrected chi connectivity index (χ4v) is 1.59. The molecule has 0 amide bonds. The fourth-order valence-electron chi connectivity index (χ4n) is 1.08. The summed E-state index contributed by atoms with van der Waals surface area (Å²) >= 11 is 0. The van der Waals surface area contributed by atoms with E-state index in [1.54, 1.807) is 0 Å². The van der Waals surface area contributed by atoms with Crippen LogP contribution in [0, 0.1) is 11.8 Å². The summed E-state index contributed by atoms with van der Waals surface area (Å²) in [5.74, 6) is 6.07. The molecule has 0 heterocycles. The van der Waals surface area contributed by atoms with Crippen LogP contribution in [-0.2, 0) is 9.84 Å². The molecular weight excluding hydrogens is 222 g/mol. The maximum absolute atomic E-state index is 10.8. The van der Waals surface area contributed by atoms with Crippen molar-refractivity contribution in [3.05, 3.63) is 35.9 Å². The highest BCUT2D eigenvalue weighted by atomic mass is 32.2. The summed E-state index contributed by atoms with van der Waals surface area (Å²) in [5, 5.41) is 2.96. The minimum absolute atomic E-state index is 0.153. The third-order valence-electron chi connectivity index (χ3n) is 1.87. The zero-order valence-electron chi connectivity index (χ0n) is 9.23. The van der Waals surface area contributed by atoms with E-state index in [1.807, 2.05) is 30.3 Å². The number of hydrogen-bond donors (Lipinski definition) is 1. The molecule has 1 aromatic rings. The second kappa shape index (κ2) is 6.31. The van der Waals surface area contributed by atoms with Crippen molar-refractivity contribution in [3.63, 3.8) is 0 Å². The van der Waals surface area contributed by atoms with Gasteiger partial charge < -0.3 is 5.32 Å². The highest BCUT2D eigenvalue weighted by Gasteiger charge is 1.98. The molecule has 0 radical (unpaired) electrons. The normalized spacial score (nSPS) is 10.6. The first-order valence-electron chi connectivity index (χ1n) is 5.00. The molecular formula is C12H15NO2S. The van der Waals surface area contributed by atoms with Crippen LogP contribution in [0.25, 0.3) is 0 Å². The lowest BCUT2D eigenvalue weighted by molar-refractivity contribution is 0.598. The predicted octanol–water partition coefficient (Wildman–Crippen LogP) is 0.672. The molecule has 1 N–H and O–H groups in total. The summed E-state index contributed by atoms with van der Waals surface area (Å²) in [4.78, 5) is 0. The molecule has 3 nitrogen and oxygen atoms in total. The van der Waals surface area contributed by atoms with Crippen molar-refractivity contribution in [2.45, 2.75) is 0 Å². The lowest BCUT2D eigenvalue weighted by Crippen LogP contribution is -2.22. The van der Waals surface area contributed by atoms with Gasteiger partial charge in [-0.3, -0.25) is 0 Å². The van der Waals surface area contributed by atoms with E-state index < -0.39 is 9.84 Å². The van der Waals surface area contributed by atoms with Gasteiger partial charge in [-0.15, -0.1) is 0 Å². The second-order valence-electron chi connectivity index (χ2n) is 3.47. The number of rotatable bonds is 4. The molecule has 0 aliphatic heterocycles. The van der Waals surface area contributed by atoms with Crippen LogP contribution >= 0.6 is 0 Å². The van der Waals surface area contributed by atoms with Gasteiger partial charge in [-0.25, -0.2) is 8.42 Å². The largest absolute Gasteiger partial charge is 0.305 e.